The molecule has 11 rings (SSSR count). The molecule has 5 N–H and O–H groups in total. The van der Waals surface area contributed by atoms with Crippen LogP contribution in [-0.4, -0.2) is 150 Å². The van der Waals surface area contributed by atoms with Crippen LogP contribution in [0.15, 0.2) is 83.1 Å². The van der Waals surface area contributed by atoms with Gasteiger partial charge in [-0.15, -0.1) is 21.5 Å². The molecule has 5 atom stereocenters. The highest BCUT2D eigenvalue weighted by Gasteiger charge is 2.44. The Morgan fingerprint density at radius 2 is 1.55 bits per heavy atom. The standard InChI is InChI=1S/C61H80N12O6S/c1-37(2)57(61(77)72-35-47(74)28-53(72)60(76)65-38(3)43-10-12-45(13-11-43)58-39(4)63-36-80-58)55-30-56(68-79-55)71-24-14-41(15-25-71)32-70-22-18-48(19-23-70)78-49-26-42(27-49)33-69-20-16-44(17-21-69)40(5)73-34-46(31-64-73)51-29-52(66-67-59(51)62)50-8-6-7-9-54(50)75/h6-13,29-31,34,36-38,40-42,44,47-49,53,57,74-75H,14-28,32-33,35H2,1-5H3,(H2,62,67)(H,65,76)/t38-,40-,42?,47+,49?,53-,57+/m0/s1. The van der Waals surface area contributed by atoms with E-state index in [2.05, 4.69) is 58.2 Å². The quantitative estimate of drug-likeness (QED) is 0.0633. The van der Waals surface area contributed by atoms with E-state index in [1.165, 1.54) is 12.8 Å². The molecule has 19 heteroatoms. The lowest BCUT2D eigenvalue weighted by molar-refractivity contribution is -0.141. The molecular weight excluding hydrogens is 1030 g/mol. The van der Waals surface area contributed by atoms with Crippen LogP contribution in [-0.2, 0) is 14.3 Å². The van der Waals surface area contributed by atoms with Gasteiger partial charge in [0, 0.05) is 81.2 Å². The fraction of sp³-hybridized carbons (Fsp3) is 0.557. The van der Waals surface area contributed by atoms with Gasteiger partial charge in [-0.05, 0) is 138 Å². The minimum Gasteiger partial charge on any atom is -0.507 e. The third-order valence-corrected chi connectivity index (χ3v) is 19.1. The molecule has 4 aliphatic heterocycles. The molecular formula is C61H80N12O6S. The van der Waals surface area contributed by atoms with Gasteiger partial charge in [-0.2, -0.15) is 5.10 Å². The topological polar surface area (TPSA) is 217 Å². The zero-order valence-corrected chi connectivity index (χ0v) is 47.9. The number of carbonyl (C=O) groups excluding carboxylic acids is 2. The van der Waals surface area contributed by atoms with Crippen molar-refractivity contribution in [1.82, 2.24) is 50.1 Å². The second kappa shape index (κ2) is 24.5. The summed E-state index contributed by atoms with van der Waals surface area (Å²) in [7, 11) is 0. The first-order chi connectivity index (χ1) is 38.7. The number of nitrogen functional groups attached to an aromatic ring is 1. The number of nitrogens with zero attached hydrogens (tertiary/aromatic N) is 10. The number of hydrogen-bond acceptors (Lipinski definition) is 16. The van der Waals surface area contributed by atoms with Crippen molar-refractivity contribution in [2.24, 2.45) is 23.7 Å². The number of nitrogens with two attached hydrogens (primary N) is 1. The molecule has 0 unspecified atom stereocenters. The van der Waals surface area contributed by atoms with Crippen LogP contribution in [0.3, 0.4) is 0 Å². The van der Waals surface area contributed by atoms with Crippen LogP contribution < -0.4 is 16.0 Å². The highest BCUT2D eigenvalue weighted by atomic mass is 32.1. The second-order valence-electron chi connectivity index (χ2n) is 24.0. The predicted octanol–water partition coefficient (Wildman–Crippen LogP) is 8.74. The fourth-order valence-corrected chi connectivity index (χ4v) is 14.0. The van der Waals surface area contributed by atoms with E-state index in [1.54, 1.807) is 28.4 Å². The molecule has 6 aromatic rings. The Bertz CT molecular complexity index is 3040. The zero-order chi connectivity index (χ0) is 55.6. The Hall–Kier alpha value is -6.25. The largest absolute Gasteiger partial charge is 0.507 e. The Morgan fingerprint density at radius 1 is 0.838 bits per heavy atom. The second-order valence-corrected chi connectivity index (χ2v) is 24.8. The number of anilines is 2. The third kappa shape index (κ3) is 12.5. The van der Waals surface area contributed by atoms with E-state index < -0.39 is 18.1 Å². The number of para-hydroxylation sites is 1. The molecule has 4 saturated heterocycles. The molecule has 18 nitrogen and oxygen atoms in total. The number of aryl methyl sites for hydroxylation is 1. The van der Waals surface area contributed by atoms with Crippen molar-refractivity contribution in [3.8, 4) is 38.6 Å². The number of carbonyl (C=O) groups is 2. The van der Waals surface area contributed by atoms with Crippen LogP contribution in [0, 0.1) is 30.6 Å². The first-order valence-electron chi connectivity index (χ1n) is 29.3. The van der Waals surface area contributed by atoms with Crippen molar-refractivity contribution in [1.29, 1.82) is 0 Å². The first-order valence-corrected chi connectivity index (χ1v) is 30.2. The van der Waals surface area contributed by atoms with E-state index in [-0.39, 0.29) is 48.5 Å². The average molecular weight is 1110 g/mol. The summed E-state index contributed by atoms with van der Waals surface area (Å²) >= 11 is 1.60. The van der Waals surface area contributed by atoms with Gasteiger partial charge in [-0.25, -0.2) is 4.98 Å². The number of piperidine rings is 3. The number of aliphatic hydroxyl groups excluding tert-OH is 1. The predicted molar refractivity (Wildman–Crippen MR) is 310 cm³/mol. The molecule has 2 amide bonds. The normalized spacial score (nSPS) is 23.1. The van der Waals surface area contributed by atoms with Gasteiger partial charge < -0.3 is 50.1 Å². The maximum Gasteiger partial charge on any atom is 0.243 e. The number of hydrogen-bond donors (Lipinski definition) is 4. The van der Waals surface area contributed by atoms with Gasteiger partial charge in [-0.3, -0.25) is 14.3 Å². The average Bonchev–Trinajstić information content (AvgIpc) is 4.30. The van der Waals surface area contributed by atoms with Crippen molar-refractivity contribution in [3.63, 3.8) is 0 Å². The molecule has 0 radical (unpaired) electrons. The Morgan fingerprint density at radius 3 is 2.25 bits per heavy atom. The Kier molecular flexibility index (Phi) is 17.0. The van der Waals surface area contributed by atoms with Gasteiger partial charge in [0.2, 0.25) is 11.8 Å². The maximum atomic E-state index is 14.4. The molecule has 1 saturated carbocycles. The van der Waals surface area contributed by atoms with E-state index in [0.717, 1.165) is 130 Å². The number of aromatic hydroxyl groups is 1. The number of benzene rings is 2. The highest BCUT2D eigenvalue weighted by molar-refractivity contribution is 7.13. The van der Waals surface area contributed by atoms with Crippen LogP contribution in [0.1, 0.15) is 121 Å². The van der Waals surface area contributed by atoms with Gasteiger partial charge in [0.15, 0.2) is 17.4 Å². The number of phenolic OH excluding ortho intramolecular Hbond substituents is 1. The number of phenols is 1. The van der Waals surface area contributed by atoms with Crippen molar-refractivity contribution in [2.45, 2.75) is 135 Å². The van der Waals surface area contributed by atoms with Crippen LogP contribution >= 0.6 is 11.3 Å². The number of aromatic nitrogens is 6. The number of thiazole rings is 1. The van der Waals surface area contributed by atoms with Gasteiger partial charge in [0.25, 0.3) is 0 Å². The molecule has 5 aliphatic rings. The number of amides is 2. The molecule has 1 aliphatic carbocycles. The number of aliphatic hydroxyl groups is 1. The molecule has 426 valence electrons. The number of nitrogens with one attached hydrogen (secondary N) is 1. The number of likely N-dealkylation sites (tertiary alicyclic amines) is 3. The molecule has 0 spiro atoms. The third-order valence-electron chi connectivity index (χ3n) is 18.1. The number of β-amino-alcohol motifs (C(OH)–C–C–N with tert-alkyl or cyclic N) is 1. The van der Waals surface area contributed by atoms with E-state index in [1.807, 2.05) is 87.9 Å². The van der Waals surface area contributed by atoms with Crippen LogP contribution in [0.4, 0.5) is 11.6 Å². The molecule has 8 heterocycles. The minimum atomic E-state index is -0.796. The lowest BCUT2D eigenvalue weighted by Crippen LogP contribution is -2.48. The number of rotatable bonds is 18. The molecule has 2 aromatic carbocycles. The van der Waals surface area contributed by atoms with Gasteiger partial charge in [-0.1, -0.05) is 55.4 Å². The smallest absolute Gasteiger partial charge is 0.243 e. The highest BCUT2D eigenvalue weighted by Crippen LogP contribution is 2.39. The van der Waals surface area contributed by atoms with Crippen LogP contribution in [0.2, 0.25) is 0 Å². The first kappa shape index (κ1) is 55.6. The zero-order valence-electron chi connectivity index (χ0n) is 47.1. The van der Waals surface area contributed by atoms with Crippen molar-refractivity contribution >= 4 is 34.8 Å². The summed E-state index contributed by atoms with van der Waals surface area (Å²) in [6.45, 7) is 18.7. The molecule has 5 fully saturated rings. The summed E-state index contributed by atoms with van der Waals surface area (Å²) in [5.41, 5.74) is 14.0. The lowest BCUT2D eigenvalue weighted by Gasteiger charge is -2.43. The summed E-state index contributed by atoms with van der Waals surface area (Å²) in [5, 5.41) is 42.0. The van der Waals surface area contributed by atoms with Crippen LogP contribution in [0.25, 0.3) is 32.8 Å². The Labute approximate surface area is 474 Å². The number of ether oxygens (including phenoxy) is 1. The van der Waals surface area contributed by atoms with Gasteiger partial charge >= 0.3 is 0 Å². The van der Waals surface area contributed by atoms with Crippen molar-refractivity contribution < 1.29 is 29.1 Å². The summed E-state index contributed by atoms with van der Waals surface area (Å²) in [6, 6.07) is 18.2. The molecule has 80 heavy (non-hydrogen) atoms. The summed E-state index contributed by atoms with van der Waals surface area (Å²) in [6.07, 6.45) is 13.0. The summed E-state index contributed by atoms with van der Waals surface area (Å²) in [4.78, 5) is 42.8. The summed E-state index contributed by atoms with van der Waals surface area (Å²) in [5.74, 6) is 2.32. The van der Waals surface area contributed by atoms with Crippen molar-refractivity contribution in [3.05, 3.63) is 95.6 Å². The Balaban J connectivity index is 0.576. The van der Waals surface area contributed by atoms with E-state index in [9.17, 15) is 19.8 Å². The van der Waals surface area contributed by atoms with Crippen molar-refractivity contribution in [2.75, 3.05) is 69.5 Å². The van der Waals surface area contributed by atoms with Gasteiger partial charge in [0.05, 0.1) is 58.4 Å². The SMILES string of the molecule is Cc1ncsc1-c1ccc([C@H](C)NC(=O)[C@@H]2C[C@@H](O)CN2C(=O)[C@@H](c2cc(N3CCC(CN4CCC(OC5CC(CN6CCC([C@H](C)n7cc(-c8cc(-c9ccccc9O)nnc8N)cn7)CC6)C5)CC4)CC3)no2)C(C)C)cc1. The van der Waals surface area contributed by atoms with Crippen LogP contribution in [0.5, 0.6) is 5.75 Å². The minimum absolute atomic E-state index is 0.0915. The van der Waals surface area contributed by atoms with E-state index in [0.29, 0.717) is 52.8 Å². The molecule has 4 aromatic heterocycles. The summed E-state index contributed by atoms with van der Waals surface area (Å²) < 4.78 is 14.7. The van der Waals surface area contributed by atoms with Gasteiger partial charge in [0.1, 0.15) is 17.7 Å². The van der Waals surface area contributed by atoms with E-state index >= 15 is 0 Å². The molecule has 0 bridgehead atoms. The lowest BCUT2D eigenvalue weighted by atomic mass is 9.80. The monoisotopic (exact) mass is 1110 g/mol. The maximum absolute atomic E-state index is 14.4. The fourth-order valence-electron chi connectivity index (χ4n) is 13.2. The van der Waals surface area contributed by atoms with E-state index in [4.69, 9.17) is 20.1 Å².